The summed E-state index contributed by atoms with van der Waals surface area (Å²) in [7, 11) is 0. The van der Waals surface area contributed by atoms with Gasteiger partial charge in [0.25, 0.3) is 0 Å². The minimum Gasteiger partial charge on any atom is -0.493 e. The van der Waals surface area contributed by atoms with E-state index in [1.807, 2.05) is 0 Å². The normalized spacial score (nSPS) is 14.1. The Hall–Kier alpha value is -1.44. The summed E-state index contributed by atoms with van der Waals surface area (Å²) in [6.07, 6.45) is 5.01. The maximum atomic E-state index is 5.80. The van der Waals surface area contributed by atoms with Crippen molar-refractivity contribution in [1.29, 1.82) is 0 Å². The molecule has 0 saturated heterocycles. The zero-order valence-electron chi connectivity index (χ0n) is 9.80. The second kappa shape index (κ2) is 3.55. The van der Waals surface area contributed by atoms with Crippen molar-refractivity contribution in [3.63, 3.8) is 0 Å². The van der Waals surface area contributed by atoms with Gasteiger partial charge >= 0.3 is 0 Å². The van der Waals surface area contributed by atoms with Gasteiger partial charge in [0.15, 0.2) is 0 Å². The van der Waals surface area contributed by atoms with Crippen LogP contribution in [0.5, 0.6) is 5.75 Å². The number of rotatable bonds is 2. The van der Waals surface area contributed by atoms with E-state index in [0.717, 1.165) is 37.2 Å². The molecule has 2 heteroatoms. The number of ether oxygens (including phenoxy) is 1. The molecule has 16 heavy (non-hydrogen) atoms. The molecule has 1 aliphatic heterocycles. The van der Waals surface area contributed by atoms with Crippen LogP contribution in [0.3, 0.4) is 0 Å². The molecule has 1 aromatic heterocycles. The summed E-state index contributed by atoms with van der Waals surface area (Å²) in [6, 6.07) is 2.06. The van der Waals surface area contributed by atoms with Gasteiger partial charge in [0.1, 0.15) is 11.3 Å². The number of hydrogen-bond donors (Lipinski definition) is 0. The van der Waals surface area contributed by atoms with Crippen LogP contribution in [0.2, 0.25) is 0 Å². The van der Waals surface area contributed by atoms with Crippen molar-refractivity contribution >= 4 is 11.0 Å². The fraction of sp³-hybridized carbons (Fsp3) is 0.429. The molecule has 0 N–H and O–H groups in total. The summed E-state index contributed by atoms with van der Waals surface area (Å²) in [5, 5.41) is 1.24. The predicted octanol–water partition coefficient (Wildman–Crippen LogP) is 3.63. The lowest BCUT2D eigenvalue weighted by molar-refractivity contribution is 0.353. The maximum Gasteiger partial charge on any atom is 0.137 e. The quantitative estimate of drug-likeness (QED) is 0.764. The van der Waals surface area contributed by atoms with Crippen LogP contribution in [0.15, 0.2) is 16.7 Å². The van der Waals surface area contributed by atoms with Crippen molar-refractivity contribution in [1.82, 2.24) is 0 Å². The van der Waals surface area contributed by atoms with E-state index >= 15 is 0 Å². The van der Waals surface area contributed by atoms with E-state index < -0.39 is 0 Å². The summed E-state index contributed by atoms with van der Waals surface area (Å²) in [5.41, 5.74) is 5.00. The first-order valence-electron chi connectivity index (χ1n) is 5.97. The SMILES string of the molecule is CCCc1c2c(c(C)c3occc13)CCO2. The van der Waals surface area contributed by atoms with Gasteiger partial charge in [0.05, 0.1) is 12.9 Å². The third-order valence-corrected chi connectivity index (χ3v) is 3.43. The Kier molecular flexibility index (Phi) is 2.16. The van der Waals surface area contributed by atoms with Gasteiger partial charge in [0, 0.05) is 22.9 Å². The summed E-state index contributed by atoms with van der Waals surface area (Å²) in [6.45, 7) is 5.15. The minimum atomic E-state index is 0.819. The summed E-state index contributed by atoms with van der Waals surface area (Å²) < 4.78 is 11.4. The second-order valence-corrected chi connectivity index (χ2v) is 4.42. The van der Waals surface area contributed by atoms with Crippen molar-refractivity contribution in [2.45, 2.75) is 33.1 Å². The largest absolute Gasteiger partial charge is 0.493 e. The fourth-order valence-electron chi connectivity index (χ4n) is 2.68. The van der Waals surface area contributed by atoms with Crippen LogP contribution >= 0.6 is 0 Å². The molecule has 0 spiro atoms. The van der Waals surface area contributed by atoms with E-state index in [9.17, 15) is 0 Å². The van der Waals surface area contributed by atoms with E-state index in [1.165, 1.54) is 22.1 Å². The first-order chi connectivity index (χ1) is 7.83. The van der Waals surface area contributed by atoms with Gasteiger partial charge in [-0.2, -0.15) is 0 Å². The number of aryl methyl sites for hydroxylation is 2. The van der Waals surface area contributed by atoms with Gasteiger partial charge < -0.3 is 9.15 Å². The molecule has 2 heterocycles. The standard InChI is InChI=1S/C14H16O2/c1-3-4-11-12-6-8-15-13(12)9(2)10-5-7-16-14(10)11/h6,8H,3-5,7H2,1-2H3. The van der Waals surface area contributed by atoms with Crippen molar-refractivity contribution < 1.29 is 9.15 Å². The molecule has 3 rings (SSSR count). The summed E-state index contributed by atoms with van der Waals surface area (Å²) in [5.74, 6) is 1.13. The average Bonchev–Trinajstić information content (AvgIpc) is 2.92. The molecular formula is C14H16O2. The van der Waals surface area contributed by atoms with E-state index in [4.69, 9.17) is 9.15 Å². The number of furan rings is 1. The fourth-order valence-corrected chi connectivity index (χ4v) is 2.68. The van der Waals surface area contributed by atoms with Crippen molar-refractivity contribution in [3.05, 3.63) is 29.0 Å². The lowest BCUT2D eigenvalue weighted by Gasteiger charge is -2.10. The Morgan fingerprint density at radius 2 is 2.25 bits per heavy atom. The van der Waals surface area contributed by atoms with Crippen LogP contribution in [-0.4, -0.2) is 6.61 Å². The highest BCUT2D eigenvalue weighted by Crippen LogP contribution is 2.40. The molecule has 0 radical (unpaired) electrons. The Morgan fingerprint density at radius 1 is 1.38 bits per heavy atom. The van der Waals surface area contributed by atoms with Gasteiger partial charge in [-0.3, -0.25) is 0 Å². The smallest absolute Gasteiger partial charge is 0.137 e. The monoisotopic (exact) mass is 216 g/mol. The van der Waals surface area contributed by atoms with E-state index in [1.54, 1.807) is 6.26 Å². The van der Waals surface area contributed by atoms with Crippen molar-refractivity contribution in [2.24, 2.45) is 0 Å². The van der Waals surface area contributed by atoms with Crippen LogP contribution in [0.4, 0.5) is 0 Å². The molecule has 0 amide bonds. The van der Waals surface area contributed by atoms with Gasteiger partial charge in [-0.1, -0.05) is 13.3 Å². The van der Waals surface area contributed by atoms with Gasteiger partial charge in [-0.05, 0) is 25.0 Å². The highest BCUT2D eigenvalue weighted by atomic mass is 16.5. The van der Waals surface area contributed by atoms with Crippen molar-refractivity contribution in [2.75, 3.05) is 6.61 Å². The highest BCUT2D eigenvalue weighted by molar-refractivity contribution is 5.88. The second-order valence-electron chi connectivity index (χ2n) is 4.42. The molecule has 1 aromatic carbocycles. The van der Waals surface area contributed by atoms with Crippen LogP contribution in [0, 0.1) is 6.92 Å². The topological polar surface area (TPSA) is 22.4 Å². The van der Waals surface area contributed by atoms with Gasteiger partial charge in [-0.15, -0.1) is 0 Å². The highest BCUT2D eigenvalue weighted by Gasteiger charge is 2.23. The van der Waals surface area contributed by atoms with E-state index in [0.29, 0.717) is 0 Å². The Bertz CT molecular complexity index is 537. The molecule has 2 nitrogen and oxygen atoms in total. The van der Waals surface area contributed by atoms with Crippen LogP contribution < -0.4 is 4.74 Å². The number of benzene rings is 1. The van der Waals surface area contributed by atoms with Crippen LogP contribution in [0.1, 0.15) is 30.0 Å². The third kappa shape index (κ3) is 1.19. The van der Waals surface area contributed by atoms with E-state index in [-0.39, 0.29) is 0 Å². The molecule has 84 valence electrons. The van der Waals surface area contributed by atoms with Crippen LogP contribution in [-0.2, 0) is 12.8 Å². The number of hydrogen-bond acceptors (Lipinski definition) is 2. The first-order valence-corrected chi connectivity index (χ1v) is 5.97. The molecule has 0 bridgehead atoms. The Balaban J connectivity index is 2.36. The summed E-state index contributed by atoms with van der Waals surface area (Å²) >= 11 is 0. The van der Waals surface area contributed by atoms with E-state index in [2.05, 4.69) is 19.9 Å². The first kappa shape index (κ1) is 9.76. The lowest BCUT2D eigenvalue weighted by atomic mass is 9.96. The molecule has 2 aromatic rings. The van der Waals surface area contributed by atoms with Crippen molar-refractivity contribution in [3.8, 4) is 5.75 Å². The third-order valence-electron chi connectivity index (χ3n) is 3.43. The molecule has 0 unspecified atom stereocenters. The Labute approximate surface area is 95.2 Å². The zero-order valence-corrected chi connectivity index (χ0v) is 9.80. The predicted molar refractivity (Wildman–Crippen MR) is 64.1 cm³/mol. The molecule has 1 aliphatic rings. The van der Waals surface area contributed by atoms with Gasteiger partial charge in [-0.25, -0.2) is 0 Å². The van der Waals surface area contributed by atoms with Crippen LogP contribution in [0.25, 0.3) is 11.0 Å². The lowest BCUT2D eigenvalue weighted by Crippen LogP contribution is -1.94. The summed E-state index contributed by atoms with van der Waals surface area (Å²) in [4.78, 5) is 0. The molecule has 0 saturated carbocycles. The number of fused-ring (bicyclic) bond motifs is 2. The molecule has 0 atom stereocenters. The maximum absolute atomic E-state index is 5.80. The molecular weight excluding hydrogens is 200 g/mol. The van der Waals surface area contributed by atoms with Gasteiger partial charge in [0.2, 0.25) is 0 Å². The molecule has 0 aliphatic carbocycles. The zero-order chi connectivity index (χ0) is 11.1. The minimum absolute atomic E-state index is 0.819. The Morgan fingerprint density at radius 3 is 3.06 bits per heavy atom. The molecule has 0 fully saturated rings. The average molecular weight is 216 g/mol.